The fourth-order valence-electron chi connectivity index (χ4n) is 1.39. The minimum atomic E-state index is -0.0540. The Kier molecular flexibility index (Phi) is 2.24. The molecule has 1 aromatic heterocycles. The highest BCUT2D eigenvalue weighted by molar-refractivity contribution is 6.99. The molecule has 2 heterocycles. The summed E-state index contributed by atoms with van der Waals surface area (Å²) >= 11 is 1.05. The molecule has 1 aromatic rings. The van der Waals surface area contributed by atoms with Gasteiger partial charge in [0.25, 0.3) is 5.91 Å². The van der Waals surface area contributed by atoms with Gasteiger partial charge in [0.1, 0.15) is 0 Å². The van der Waals surface area contributed by atoms with E-state index in [0.717, 1.165) is 24.7 Å². The van der Waals surface area contributed by atoms with Gasteiger partial charge in [-0.1, -0.05) is 0 Å². The second kappa shape index (κ2) is 3.39. The van der Waals surface area contributed by atoms with Gasteiger partial charge in [0, 0.05) is 19.1 Å². The first-order valence-corrected chi connectivity index (χ1v) is 4.83. The predicted molar refractivity (Wildman–Crippen MR) is 48.4 cm³/mol. The number of likely N-dealkylation sites (tertiary alicyclic amines) is 1. The number of hydrogen-bond donors (Lipinski definition) is 1. The molecule has 1 aliphatic rings. The first kappa shape index (κ1) is 8.58. The number of nitrogens with zero attached hydrogens (tertiary/aromatic N) is 3. The van der Waals surface area contributed by atoms with Crippen molar-refractivity contribution in [2.24, 2.45) is 5.73 Å². The maximum Gasteiger partial charge on any atom is 0.275 e. The normalized spacial score (nSPS) is 22.2. The van der Waals surface area contributed by atoms with Gasteiger partial charge in [-0.3, -0.25) is 4.79 Å². The molecule has 1 aliphatic heterocycles. The molecule has 5 nitrogen and oxygen atoms in total. The van der Waals surface area contributed by atoms with E-state index in [1.54, 1.807) is 4.90 Å². The van der Waals surface area contributed by atoms with Gasteiger partial charge in [-0.05, 0) is 6.42 Å². The van der Waals surface area contributed by atoms with Crippen LogP contribution in [0.5, 0.6) is 0 Å². The van der Waals surface area contributed by atoms with Gasteiger partial charge in [0.05, 0.1) is 17.9 Å². The number of carbonyl (C=O) groups is 1. The summed E-state index contributed by atoms with van der Waals surface area (Å²) in [5, 5.41) is 0. The minimum absolute atomic E-state index is 0.0540. The standard InChI is InChI=1S/C7H10N4OS/c8-5-1-2-11(4-5)7(12)6-3-9-13-10-6/h3,5H,1-2,4,8H2/t5-/m1/s1. The molecule has 1 fully saturated rings. The van der Waals surface area contributed by atoms with Crippen LogP contribution in [0.25, 0.3) is 0 Å². The quantitative estimate of drug-likeness (QED) is 0.673. The molecule has 1 amide bonds. The van der Waals surface area contributed by atoms with Gasteiger partial charge in [0.15, 0.2) is 5.69 Å². The summed E-state index contributed by atoms with van der Waals surface area (Å²) in [6, 6.07) is 0.121. The number of nitrogens with two attached hydrogens (primary N) is 1. The molecule has 0 spiro atoms. The lowest BCUT2D eigenvalue weighted by atomic mass is 10.3. The first-order chi connectivity index (χ1) is 6.27. The Morgan fingerprint density at radius 3 is 3.15 bits per heavy atom. The van der Waals surface area contributed by atoms with Crippen LogP contribution in [0.2, 0.25) is 0 Å². The van der Waals surface area contributed by atoms with Crippen LogP contribution >= 0.6 is 11.7 Å². The van der Waals surface area contributed by atoms with E-state index in [9.17, 15) is 4.79 Å². The summed E-state index contributed by atoms with van der Waals surface area (Å²) in [5.41, 5.74) is 6.12. The number of amides is 1. The lowest BCUT2D eigenvalue weighted by Crippen LogP contribution is -2.31. The Morgan fingerprint density at radius 2 is 2.62 bits per heavy atom. The maximum absolute atomic E-state index is 11.6. The van der Waals surface area contributed by atoms with Crippen molar-refractivity contribution in [1.82, 2.24) is 13.6 Å². The molecule has 0 unspecified atom stereocenters. The molecule has 2 N–H and O–H groups in total. The van der Waals surface area contributed by atoms with E-state index >= 15 is 0 Å². The zero-order valence-electron chi connectivity index (χ0n) is 7.01. The first-order valence-electron chi connectivity index (χ1n) is 4.10. The smallest absolute Gasteiger partial charge is 0.275 e. The van der Waals surface area contributed by atoms with E-state index in [-0.39, 0.29) is 11.9 Å². The average molecular weight is 198 g/mol. The second-order valence-electron chi connectivity index (χ2n) is 3.09. The van der Waals surface area contributed by atoms with E-state index in [1.807, 2.05) is 0 Å². The van der Waals surface area contributed by atoms with Gasteiger partial charge in [-0.2, -0.15) is 8.75 Å². The molecule has 1 saturated heterocycles. The molecular formula is C7H10N4OS. The van der Waals surface area contributed by atoms with Gasteiger partial charge >= 0.3 is 0 Å². The van der Waals surface area contributed by atoms with Crippen LogP contribution in [-0.2, 0) is 0 Å². The van der Waals surface area contributed by atoms with Crippen molar-refractivity contribution < 1.29 is 4.79 Å². The third-order valence-corrected chi connectivity index (χ3v) is 2.57. The van der Waals surface area contributed by atoms with E-state index in [2.05, 4.69) is 8.75 Å². The fourth-order valence-corrected chi connectivity index (χ4v) is 1.80. The molecule has 1 atom stereocenters. The molecule has 13 heavy (non-hydrogen) atoms. The van der Waals surface area contributed by atoms with Crippen LogP contribution in [0.3, 0.4) is 0 Å². The Morgan fingerprint density at radius 1 is 1.77 bits per heavy atom. The van der Waals surface area contributed by atoms with Gasteiger partial charge in [0.2, 0.25) is 0 Å². The zero-order chi connectivity index (χ0) is 9.26. The largest absolute Gasteiger partial charge is 0.336 e. The summed E-state index contributed by atoms with van der Waals surface area (Å²) in [6.07, 6.45) is 2.38. The van der Waals surface area contributed by atoms with Crippen molar-refractivity contribution in [2.75, 3.05) is 13.1 Å². The Bertz CT molecular complexity index is 299. The van der Waals surface area contributed by atoms with Gasteiger partial charge in [-0.15, -0.1) is 0 Å². The lowest BCUT2D eigenvalue weighted by Gasteiger charge is -2.13. The summed E-state index contributed by atoms with van der Waals surface area (Å²) in [4.78, 5) is 13.4. The lowest BCUT2D eigenvalue weighted by molar-refractivity contribution is 0.0786. The highest BCUT2D eigenvalue weighted by Crippen LogP contribution is 2.10. The van der Waals surface area contributed by atoms with Gasteiger partial charge < -0.3 is 10.6 Å². The maximum atomic E-state index is 11.6. The number of carbonyl (C=O) groups excluding carboxylic acids is 1. The summed E-state index contributed by atoms with van der Waals surface area (Å²) < 4.78 is 7.67. The van der Waals surface area contributed by atoms with Crippen LogP contribution in [0.15, 0.2) is 6.20 Å². The number of hydrogen-bond acceptors (Lipinski definition) is 5. The van der Waals surface area contributed by atoms with E-state index in [0.29, 0.717) is 12.2 Å². The number of rotatable bonds is 1. The topological polar surface area (TPSA) is 72.1 Å². The Labute approximate surface area is 79.9 Å². The molecule has 0 bridgehead atoms. The van der Waals surface area contributed by atoms with Crippen LogP contribution in [0.4, 0.5) is 0 Å². The Hall–Kier alpha value is -1.01. The average Bonchev–Trinajstić information content (AvgIpc) is 2.72. The summed E-state index contributed by atoms with van der Waals surface area (Å²) in [6.45, 7) is 1.37. The molecule has 70 valence electrons. The zero-order valence-corrected chi connectivity index (χ0v) is 7.83. The van der Waals surface area contributed by atoms with Crippen molar-refractivity contribution in [3.05, 3.63) is 11.9 Å². The van der Waals surface area contributed by atoms with Crippen molar-refractivity contribution >= 4 is 17.6 Å². The third-order valence-electron chi connectivity index (χ3n) is 2.09. The molecule has 0 aliphatic carbocycles. The molecule has 6 heteroatoms. The van der Waals surface area contributed by atoms with E-state index in [4.69, 9.17) is 5.73 Å². The minimum Gasteiger partial charge on any atom is -0.336 e. The van der Waals surface area contributed by atoms with Crippen LogP contribution in [0, 0.1) is 0 Å². The van der Waals surface area contributed by atoms with Crippen molar-refractivity contribution in [2.45, 2.75) is 12.5 Å². The van der Waals surface area contributed by atoms with Gasteiger partial charge in [-0.25, -0.2) is 0 Å². The summed E-state index contributed by atoms with van der Waals surface area (Å²) in [5.74, 6) is -0.0540. The van der Waals surface area contributed by atoms with Crippen molar-refractivity contribution in [1.29, 1.82) is 0 Å². The highest BCUT2D eigenvalue weighted by atomic mass is 32.1. The van der Waals surface area contributed by atoms with Crippen LogP contribution < -0.4 is 5.73 Å². The molecular weight excluding hydrogens is 188 g/mol. The molecule has 2 rings (SSSR count). The highest BCUT2D eigenvalue weighted by Gasteiger charge is 2.25. The van der Waals surface area contributed by atoms with E-state index in [1.165, 1.54) is 6.20 Å². The Balaban J connectivity index is 2.06. The van der Waals surface area contributed by atoms with Crippen LogP contribution in [-0.4, -0.2) is 38.7 Å². The van der Waals surface area contributed by atoms with Crippen molar-refractivity contribution in [3.8, 4) is 0 Å². The predicted octanol–water partition coefficient (Wildman–Crippen LogP) is -0.289. The fraction of sp³-hybridized carbons (Fsp3) is 0.571. The second-order valence-corrected chi connectivity index (χ2v) is 3.65. The van der Waals surface area contributed by atoms with Crippen molar-refractivity contribution in [3.63, 3.8) is 0 Å². The number of aromatic nitrogens is 2. The molecule has 0 aromatic carbocycles. The summed E-state index contributed by atoms with van der Waals surface area (Å²) in [7, 11) is 0. The molecule has 0 saturated carbocycles. The van der Waals surface area contributed by atoms with E-state index < -0.39 is 0 Å². The monoisotopic (exact) mass is 198 g/mol. The van der Waals surface area contributed by atoms with Crippen LogP contribution in [0.1, 0.15) is 16.9 Å². The SMILES string of the molecule is N[C@@H]1CCN(C(=O)c2cnsn2)C1. The third kappa shape index (κ3) is 1.68. The molecule has 0 radical (unpaired) electrons.